The third-order valence-corrected chi connectivity index (χ3v) is 4.77. The van der Waals surface area contributed by atoms with E-state index in [1.54, 1.807) is 24.3 Å². The van der Waals surface area contributed by atoms with Crippen LogP contribution in [0.3, 0.4) is 0 Å². The molecule has 20 heavy (non-hydrogen) atoms. The number of methoxy groups -OCH3 is 1. The Labute approximate surface area is 123 Å². The Balaban J connectivity index is 2.38. The molecule has 0 aromatic heterocycles. The number of ether oxygens (including phenoxy) is 1. The molecule has 0 heterocycles. The zero-order valence-corrected chi connectivity index (χ0v) is 12.4. The number of sulfone groups is 1. The summed E-state index contributed by atoms with van der Waals surface area (Å²) in [4.78, 5) is 0.129. The molecule has 0 atom stereocenters. The Morgan fingerprint density at radius 1 is 1.15 bits per heavy atom. The van der Waals surface area contributed by atoms with Gasteiger partial charge in [0.05, 0.1) is 12.9 Å². The van der Waals surface area contributed by atoms with Crippen LogP contribution in [0.4, 0.5) is 5.69 Å². The molecule has 0 unspecified atom stereocenters. The number of anilines is 1. The fourth-order valence-electron chi connectivity index (χ4n) is 1.82. The summed E-state index contributed by atoms with van der Waals surface area (Å²) in [7, 11) is -2.10. The van der Waals surface area contributed by atoms with Crippen LogP contribution in [0, 0.1) is 0 Å². The van der Waals surface area contributed by atoms with E-state index in [2.05, 4.69) is 0 Å². The Hall–Kier alpha value is -1.72. The van der Waals surface area contributed by atoms with Crippen molar-refractivity contribution in [2.45, 2.75) is 10.6 Å². The molecular weight excluding hydrogens is 298 g/mol. The van der Waals surface area contributed by atoms with Gasteiger partial charge in [0.2, 0.25) is 0 Å². The van der Waals surface area contributed by atoms with Crippen molar-refractivity contribution in [3.63, 3.8) is 0 Å². The van der Waals surface area contributed by atoms with Crippen LogP contribution < -0.4 is 10.5 Å². The number of rotatable bonds is 4. The number of halogens is 1. The lowest BCUT2D eigenvalue weighted by atomic mass is 10.2. The maximum Gasteiger partial charge on any atom is 0.186 e. The van der Waals surface area contributed by atoms with Crippen molar-refractivity contribution in [3.05, 3.63) is 53.1 Å². The van der Waals surface area contributed by atoms with Gasteiger partial charge in [-0.15, -0.1) is 0 Å². The number of benzene rings is 2. The quantitative estimate of drug-likeness (QED) is 0.881. The summed E-state index contributed by atoms with van der Waals surface area (Å²) in [5.41, 5.74) is 6.74. The average Bonchev–Trinajstić information content (AvgIpc) is 2.40. The maximum atomic E-state index is 12.4. The lowest BCUT2D eigenvalue weighted by Gasteiger charge is -2.10. The topological polar surface area (TPSA) is 69.4 Å². The van der Waals surface area contributed by atoms with Crippen molar-refractivity contribution < 1.29 is 13.2 Å². The highest BCUT2D eigenvalue weighted by Crippen LogP contribution is 2.28. The van der Waals surface area contributed by atoms with Crippen molar-refractivity contribution >= 4 is 27.1 Å². The molecule has 4 nitrogen and oxygen atoms in total. The number of hydrogen-bond acceptors (Lipinski definition) is 4. The lowest BCUT2D eigenvalue weighted by Crippen LogP contribution is -2.07. The van der Waals surface area contributed by atoms with Gasteiger partial charge in [-0.2, -0.15) is 0 Å². The molecule has 2 N–H and O–H groups in total. The second-order valence-electron chi connectivity index (χ2n) is 4.30. The molecule has 0 aliphatic heterocycles. The fraction of sp³-hybridized carbons (Fsp3) is 0.143. The Bertz CT molecular complexity index is 712. The monoisotopic (exact) mass is 311 g/mol. The van der Waals surface area contributed by atoms with Gasteiger partial charge in [0, 0.05) is 16.8 Å². The van der Waals surface area contributed by atoms with Crippen molar-refractivity contribution in [1.29, 1.82) is 0 Å². The van der Waals surface area contributed by atoms with Crippen LogP contribution in [0.25, 0.3) is 0 Å². The van der Waals surface area contributed by atoms with Gasteiger partial charge >= 0.3 is 0 Å². The van der Waals surface area contributed by atoms with Crippen LogP contribution in [0.2, 0.25) is 5.02 Å². The first-order chi connectivity index (χ1) is 9.42. The van der Waals surface area contributed by atoms with Crippen LogP contribution in [-0.4, -0.2) is 15.5 Å². The van der Waals surface area contributed by atoms with Crippen molar-refractivity contribution in [3.8, 4) is 5.75 Å². The first-order valence-corrected chi connectivity index (χ1v) is 7.86. The minimum absolute atomic E-state index is 0.121. The van der Waals surface area contributed by atoms with E-state index in [0.717, 1.165) is 0 Å². The average molecular weight is 312 g/mol. The molecule has 0 amide bonds. The Morgan fingerprint density at radius 2 is 1.80 bits per heavy atom. The van der Waals surface area contributed by atoms with Crippen LogP contribution in [-0.2, 0) is 15.6 Å². The zero-order valence-electron chi connectivity index (χ0n) is 10.8. The van der Waals surface area contributed by atoms with Gasteiger partial charge in [0.25, 0.3) is 0 Å². The summed E-state index contributed by atoms with van der Waals surface area (Å²) in [6.45, 7) is 0. The van der Waals surface area contributed by atoms with Crippen LogP contribution in [0.15, 0.2) is 47.4 Å². The van der Waals surface area contributed by atoms with Gasteiger partial charge in [0.15, 0.2) is 9.84 Å². The summed E-state index contributed by atoms with van der Waals surface area (Å²) in [6, 6.07) is 11.2. The van der Waals surface area contributed by atoms with Gasteiger partial charge in [-0.25, -0.2) is 8.42 Å². The van der Waals surface area contributed by atoms with Gasteiger partial charge in [-0.3, -0.25) is 0 Å². The predicted molar refractivity (Wildman–Crippen MR) is 79.7 cm³/mol. The lowest BCUT2D eigenvalue weighted by molar-refractivity contribution is 0.403. The van der Waals surface area contributed by atoms with E-state index in [1.807, 2.05) is 0 Å². The van der Waals surface area contributed by atoms with Crippen molar-refractivity contribution in [2.75, 3.05) is 12.8 Å². The first-order valence-electron chi connectivity index (χ1n) is 5.83. The second-order valence-corrected chi connectivity index (χ2v) is 6.69. The van der Waals surface area contributed by atoms with E-state index in [0.29, 0.717) is 16.3 Å². The number of hydrogen-bond donors (Lipinski definition) is 1. The zero-order chi connectivity index (χ0) is 14.8. The minimum atomic E-state index is -3.51. The van der Waals surface area contributed by atoms with Gasteiger partial charge in [-0.05, 0) is 29.8 Å². The van der Waals surface area contributed by atoms with Crippen LogP contribution >= 0.6 is 11.6 Å². The molecule has 0 saturated heterocycles. The smallest absolute Gasteiger partial charge is 0.186 e. The second kappa shape index (κ2) is 5.73. The van der Waals surface area contributed by atoms with Crippen molar-refractivity contribution in [1.82, 2.24) is 0 Å². The summed E-state index contributed by atoms with van der Waals surface area (Å²) in [5, 5.41) is 0.566. The molecule has 0 saturated carbocycles. The molecule has 0 bridgehead atoms. The van der Waals surface area contributed by atoms with E-state index in [9.17, 15) is 8.42 Å². The largest absolute Gasteiger partial charge is 0.495 e. The molecule has 2 aromatic rings. The summed E-state index contributed by atoms with van der Waals surface area (Å²) in [6.07, 6.45) is 0. The molecular formula is C14H14ClNO3S. The van der Waals surface area contributed by atoms with Crippen molar-refractivity contribution in [2.24, 2.45) is 0 Å². The molecule has 6 heteroatoms. The standard InChI is InChI=1S/C14H14ClNO3S/c1-19-13-8-12(16)6-7-14(13)20(17,18)9-10-2-4-11(15)5-3-10/h2-8H,9,16H2,1H3. The van der Waals surface area contributed by atoms with Crippen LogP contribution in [0.5, 0.6) is 5.75 Å². The third kappa shape index (κ3) is 3.23. The molecule has 2 aromatic carbocycles. The molecule has 0 radical (unpaired) electrons. The number of nitrogens with two attached hydrogens (primary N) is 1. The first kappa shape index (κ1) is 14.7. The highest BCUT2D eigenvalue weighted by molar-refractivity contribution is 7.90. The summed E-state index contributed by atoms with van der Waals surface area (Å²) >= 11 is 5.78. The normalized spacial score (nSPS) is 11.3. The minimum Gasteiger partial charge on any atom is -0.495 e. The molecule has 106 valence electrons. The van der Waals surface area contributed by atoms with E-state index in [-0.39, 0.29) is 16.4 Å². The summed E-state index contributed by atoms with van der Waals surface area (Å²) in [5.74, 6) is 0.128. The Morgan fingerprint density at radius 3 is 2.40 bits per heavy atom. The predicted octanol–water partition coefficient (Wildman–Crippen LogP) is 2.90. The molecule has 2 rings (SSSR count). The molecule has 0 aliphatic carbocycles. The summed E-state index contributed by atoms with van der Waals surface area (Å²) < 4.78 is 29.9. The molecule has 0 spiro atoms. The maximum absolute atomic E-state index is 12.4. The van der Waals surface area contributed by atoms with E-state index < -0.39 is 9.84 Å². The number of nitrogen functional groups attached to an aromatic ring is 1. The van der Waals surface area contributed by atoms with E-state index in [1.165, 1.54) is 25.3 Å². The van der Waals surface area contributed by atoms with Gasteiger partial charge < -0.3 is 10.5 Å². The van der Waals surface area contributed by atoms with Gasteiger partial charge in [-0.1, -0.05) is 23.7 Å². The fourth-order valence-corrected chi connectivity index (χ4v) is 3.46. The highest BCUT2D eigenvalue weighted by Gasteiger charge is 2.20. The van der Waals surface area contributed by atoms with E-state index >= 15 is 0 Å². The third-order valence-electron chi connectivity index (χ3n) is 2.79. The Kier molecular flexibility index (Phi) is 4.20. The van der Waals surface area contributed by atoms with Gasteiger partial charge in [0.1, 0.15) is 10.6 Å². The van der Waals surface area contributed by atoms with Crippen LogP contribution in [0.1, 0.15) is 5.56 Å². The molecule has 0 aliphatic rings. The highest BCUT2D eigenvalue weighted by atomic mass is 35.5. The molecule has 0 fully saturated rings. The van der Waals surface area contributed by atoms with E-state index in [4.69, 9.17) is 22.1 Å². The SMILES string of the molecule is COc1cc(N)ccc1S(=O)(=O)Cc1ccc(Cl)cc1.